The molecule has 1 amide bonds. The average molecular weight is 434 g/mol. The maximum absolute atomic E-state index is 13.4. The van der Waals surface area contributed by atoms with Gasteiger partial charge in [-0.3, -0.25) is 14.5 Å². The first-order chi connectivity index (χ1) is 15.4. The van der Waals surface area contributed by atoms with Crippen LogP contribution in [0, 0.1) is 12.7 Å². The van der Waals surface area contributed by atoms with Crippen LogP contribution in [0.2, 0.25) is 0 Å². The average Bonchev–Trinajstić information content (AvgIpc) is 3.33. The van der Waals surface area contributed by atoms with Crippen LogP contribution in [-0.4, -0.2) is 28.6 Å². The van der Waals surface area contributed by atoms with E-state index in [2.05, 4.69) is 11.7 Å². The van der Waals surface area contributed by atoms with Crippen LogP contribution in [0.15, 0.2) is 77.3 Å². The topological polar surface area (TPSA) is 92.9 Å². The van der Waals surface area contributed by atoms with E-state index in [0.29, 0.717) is 23.7 Å². The number of carbonyl (C=O) groups excluding carboxylic acids is 2. The second kappa shape index (κ2) is 8.50. The summed E-state index contributed by atoms with van der Waals surface area (Å²) in [5.41, 5.74) is 0.609. The van der Waals surface area contributed by atoms with Gasteiger partial charge in [-0.25, -0.2) is 4.39 Å². The van der Waals surface area contributed by atoms with Gasteiger partial charge in [0.25, 0.3) is 5.78 Å². The molecule has 1 saturated heterocycles. The maximum Gasteiger partial charge on any atom is 0.301 e. The molecule has 0 unspecified atom stereocenters. The van der Waals surface area contributed by atoms with Crippen molar-refractivity contribution in [3.63, 3.8) is 0 Å². The number of anilines is 1. The summed E-state index contributed by atoms with van der Waals surface area (Å²) in [5, 5.41) is 14.8. The summed E-state index contributed by atoms with van der Waals surface area (Å²) in [7, 11) is 0. The number of ketones is 1. The molecule has 7 nitrogen and oxygen atoms in total. The predicted molar refractivity (Wildman–Crippen MR) is 115 cm³/mol. The van der Waals surface area contributed by atoms with Crippen molar-refractivity contribution in [3.05, 3.63) is 95.5 Å². The highest BCUT2D eigenvalue weighted by Crippen LogP contribution is 2.42. The molecule has 8 heteroatoms. The Balaban J connectivity index is 1.86. The highest BCUT2D eigenvalue weighted by Gasteiger charge is 2.48. The highest BCUT2D eigenvalue weighted by atomic mass is 19.1. The van der Waals surface area contributed by atoms with Crippen molar-refractivity contribution in [1.29, 1.82) is 0 Å². The summed E-state index contributed by atoms with van der Waals surface area (Å²) in [6.45, 7) is 5.58. The SMILES string of the molecule is C=CCOc1ccc([C@@H]2C(=C(O)c3ccc(F)cc3)C(=O)C(=O)N2c2cc(C)on2)cc1. The van der Waals surface area contributed by atoms with Crippen LogP contribution in [0.4, 0.5) is 10.2 Å². The van der Waals surface area contributed by atoms with Crippen molar-refractivity contribution in [1.82, 2.24) is 5.16 Å². The number of aryl methyl sites for hydroxylation is 1. The van der Waals surface area contributed by atoms with Gasteiger partial charge < -0.3 is 14.4 Å². The van der Waals surface area contributed by atoms with Crippen molar-refractivity contribution in [3.8, 4) is 5.75 Å². The lowest BCUT2D eigenvalue weighted by Gasteiger charge is -2.23. The first kappa shape index (κ1) is 21.0. The third-order valence-electron chi connectivity index (χ3n) is 4.99. The zero-order valence-electron chi connectivity index (χ0n) is 17.1. The van der Waals surface area contributed by atoms with Crippen LogP contribution in [0.5, 0.6) is 5.75 Å². The quantitative estimate of drug-likeness (QED) is 0.269. The Morgan fingerprint density at radius 2 is 1.91 bits per heavy atom. The Morgan fingerprint density at radius 3 is 2.50 bits per heavy atom. The van der Waals surface area contributed by atoms with E-state index in [1.54, 1.807) is 37.3 Å². The number of hydrogen-bond donors (Lipinski definition) is 1. The van der Waals surface area contributed by atoms with Crippen molar-refractivity contribution < 1.29 is 28.3 Å². The number of carbonyl (C=O) groups is 2. The third-order valence-corrected chi connectivity index (χ3v) is 4.99. The lowest BCUT2D eigenvalue weighted by Crippen LogP contribution is -2.29. The fraction of sp³-hybridized carbons (Fsp3) is 0.125. The molecule has 4 rings (SSSR count). The van der Waals surface area contributed by atoms with Gasteiger partial charge in [-0.1, -0.05) is 29.9 Å². The Kier molecular flexibility index (Phi) is 5.59. The van der Waals surface area contributed by atoms with Crippen LogP contribution in [0.3, 0.4) is 0 Å². The molecule has 1 N–H and O–H groups in total. The molecule has 1 atom stereocenters. The normalized spacial score (nSPS) is 17.6. The Morgan fingerprint density at radius 1 is 1.22 bits per heavy atom. The van der Waals surface area contributed by atoms with Gasteiger partial charge in [-0.15, -0.1) is 0 Å². The number of Topliss-reactive ketones (excluding diaryl/α,β-unsaturated/α-hetero) is 1. The van der Waals surface area contributed by atoms with E-state index < -0.39 is 29.3 Å². The number of ether oxygens (including phenoxy) is 1. The fourth-order valence-electron chi connectivity index (χ4n) is 3.52. The number of aliphatic hydroxyl groups excluding tert-OH is 1. The van der Waals surface area contributed by atoms with E-state index in [1.165, 1.54) is 23.1 Å². The lowest BCUT2D eigenvalue weighted by atomic mass is 9.95. The van der Waals surface area contributed by atoms with Gasteiger partial charge in [-0.05, 0) is 48.9 Å². The molecule has 3 aromatic rings. The van der Waals surface area contributed by atoms with E-state index in [4.69, 9.17) is 9.26 Å². The van der Waals surface area contributed by atoms with Gasteiger partial charge in [0.2, 0.25) is 0 Å². The second-order valence-corrected chi connectivity index (χ2v) is 7.14. The number of amides is 1. The van der Waals surface area contributed by atoms with E-state index in [1.807, 2.05) is 0 Å². The molecular formula is C24H19FN2O5. The van der Waals surface area contributed by atoms with Gasteiger partial charge >= 0.3 is 5.91 Å². The monoisotopic (exact) mass is 434 g/mol. The van der Waals surface area contributed by atoms with Gasteiger partial charge in [0.05, 0.1) is 11.6 Å². The molecule has 2 heterocycles. The summed E-state index contributed by atoms with van der Waals surface area (Å²) in [5.74, 6) is -1.49. The zero-order chi connectivity index (χ0) is 22.8. The number of halogens is 1. The second-order valence-electron chi connectivity index (χ2n) is 7.14. The number of nitrogens with zero attached hydrogens (tertiary/aromatic N) is 2. The van der Waals surface area contributed by atoms with Crippen LogP contribution >= 0.6 is 0 Å². The minimum absolute atomic E-state index is 0.137. The Hall–Kier alpha value is -4.20. The first-order valence-corrected chi connectivity index (χ1v) is 9.74. The van der Waals surface area contributed by atoms with E-state index in [0.717, 1.165) is 12.1 Å². The molecule has 1 aliphatic rings. The van der Waals surface area contributed by atoms with Crippen LogP contribution in [0.25, 0.3) is 5.76 Å². The molecule has 1 fully saturated rings. The van der Waals surface area contributed by atoms with Crippen molar-refractivity contribution in [2.24, 2.45) is 0 Å². The molecule has 0 radical (unpaired) electrons. The first-order valence-electron chi connectivity index (χ1n) is 9.74. The van der Waals surface area contributed by atoms with Crippen LogP contribution in [0.1, 0.15) is 22.9 Å². The Bertz CT molecular complexity index is 1210. The summed E-state index contributed by atoms with van der Waals surface area (Å²) in [4.78, 5) is 27.1. The van der Waals surface area contributed by atoms with E-state index in [9.17, 15) is 19.1 Å². The van der Waals surface area contributed by atoms with Crippen molar-refractivity contribution >= 4 is 23.3 Å². The predicted octanol–water partition coefficient (Wildman–Crippen LogP) is 4.31. The van der Waals surface area contributed by atoms with Gasteiger partial charge in [-0.2, -0.15) is 0 Å². The number of rotatable bonds is 6. The minimum Gasteiger partial charge on any atom is -0.507 e. The standard InChI is InChI=1S/C24H19FN2O5/c1-3-12-31-18-10-6-15(7-11-18)21-20(22(28)16-4-8-17(25)9-5-16)23(29)24(30)27(21)19-13-14(2)32-26-19/h3-11,13,21,28H,1,12H2,2H3/t21-/m1/s1. The third kappa shape index (κ3) is 3.78. The molecule has 0 aliphatic carbocycles. The minimum atomic E-state index is -0.974. The molecule has 0 saturated carbocycles. The number of aromatic nitrogens is 1. The smallest absolute Gasteiger partial charge is 0.301 e. The number of aliphatic hydroxyl groups is 1. The maximum atomic E-state index is 13.4. The lowest BCUT2D eigenvalue weighted by molar-refractivity contribution is -0.132. The van der Waals surface area contributed by atoms with Crippen LogP contribution in [-0.2, 0) is 9.59 Å². The van der Waals surface area contributed by atoms with Gasteiger partial charge in [0.1, 0.15) is 29.7 Å². The summed E-state index contributed by atoms with van der Waals surface area (Å²) >= 11 is 0. The molecule has 32 heavy (non-hydrogen) atoms. The Labute approximate surface area is 183 Å². The molecule has 0 bridgehead atoms. The summed E-state index contributed by atoms with van der Waals surface area (Å²) in [6, 6.07) is 12.3. The summed E-state index contributed by atoms with van der Waals surface area (Å²) < 4.78 is 23.9. The summed E-state index contributed by atoms with van der Waals surface area (Å²) in [6.07, 6.45) is 1.61. The highest BCUT2D eigenvalue weighted by molar-refractivity contribution is 6.51. The molecule has 1 aliphatic heterocycles. The zero-order valence-corrected chi connectivity index (χ0v) is 17.1. The largest absolute Gasteiger partial charge is 0.507 e. The van der Waals surface area contributed by atoms with E-state index in [-0.39, 0.29) is 17.0 Å². The number of benzene rings is 2. The number of hydrogen-bond acceptors (Lipinski definition) is 6. The van der Waals surface area contributed by atoms with Gasteiger partial charge in [0, 0.05) is 11.6 Å². The molecule has 162 valence electrons. The van der Waals surface area contributed by atoms with Crippen molar-refractivity contribution in [2.45, 2.75) is 13.0 Å². The van der Waals surface area contributed by atoms with Crippen LogP contribution < -0.4 is 9.64 Å². The van der Waals surface area contributed by atoms with E-state index >= 15 is 0 Å². The van der Waals surface area contributed by atoms with Crippen molar-refractivity contribution in [2.75, 3.05) is 11.5 Å². The molecule has 2 aromatic carbocycles. The molecule has 0 spiro atoms. The van der Waals surface area contributed by atoms with Gasteiger partial charge in [0.15, 0.2) is 5.82 Å². The fourth-order valence-corrected chi connectivity index (χ4v) is 3.52. The molecular weight excluding hydrogens is 415 g/mol. The molecule has 1 aromatic heterocycles.